The summed E-state index contributed by atoms with van der Waals surface area (Å²) in [4.78, 5) is 0. The number of nitrogens with one attached hydrogen (secondary N) is 2. The van der Waals surface area contributed by atoms with E-state index in [1.807, 2.05) is 0 Å². The van der Waals surface area contributed by atoms with Gasteiger partial charge in [0, 0.05) is 18.8 Å². The van der Waals surface area contributed by atoms with Gasteiger partial charge in [-0.25, -0.2) is 0 Å². The number of unbranched alkanes of at least 4 members (excludes halogenated alkanes) is 5. The van der Waals surface area contributed by atoms with Gasteiger partial charge in [-0.2, -0.15) is 0 Å². The third-order valence-electron chi connectivity index (χ3n) is 5.10. The maximum absolute atomic E-state index is 3.90. The summed E-state index contributed by atoms with van der Waals surface area (Å²) in [5.74, 6) is 0.838. The molecule has 1 heterocycles. The fourth-order valence-corrected chi connectivity index (χ4v) is 3.74. The van der Waals surface area contributed by atoms with Crippen molar-refractivity contribution in [2.24, 2.45) is 5.92 Å². The first-order valence-electron chi connectivity index (χ1n) is 9.24. The molecule has 1 fully saturated rings. The summed E-state index contributed by atoms with van der Waals surface area (Å²) in [6, 6.07) is 0. The average Bonchev–Trinajstić information content (AvgIpc) is 2.47. The van der Waals surface area contributed by atoms with Gasteiger partial charge in [-0.15, -0.1) is 0 Å². The van der Waals surface area contributed by atoms with E-state index in [1.165, 1.54) is 77.2 Å². The second kappa shape index (κ2) is 10.6. The van der Waals surface area contributed by atoms with Crippen LogP contribution in [0.2, 0.25) is 0 Å². The highest BCUT2D eigenvalue weighted by atomic mass is 15.2. The van der Waals surface area contributed by atoms with Gasteiger partial charge in [0.1, 0.15) is 0 Å². The van der Waals surface area contributed by atoms with Crippen molar-refractivity contribution in [3.63, 3.8) is 0 Å². The number of hydrogen-bond donors (Lipinski definition) is 2. The Labute approximate surface area is 127 Å². The van der Waals surface area contributed by atoms with Gasteiger partial charge in [0.05, 0.1) is 0 Å². The molecule has 1 aliphatic rings. The van der Waals surface area contributed by atoms with Crippen LogP contribution in [0.15, 0.2) is 0 Å². The molecule has 1 saturated heterocycles. The Morgan fingerprint density at radius 2 is 1.45 bits per heavy atom. The minimum Gasteiger partial charge on any atom is -0.304 e. The maximum atomic E-state index is 3.90. The van der Waals surface area contributed by atoms with E-state index in [0.29, 0.717) is 5.54 Å². The molecule has 0 amide bonds. The fourth-order valence-electron chi connectivity index (χ4n) is 3.74. The van der Waals surface area contributed by atoms with Crippen LogP contribution in [0.5, 0.6) is 0 Å². The molecule has 0 saturated carbocycles. The molecule has 2 nitrogen and oxygen atoms in total. The molecule has 0 aliphatic carbocycles. The second-order valence-corrected chi connectivity index (χ2v) is 6.72. The van der Waals surface area contributed by atoms with E-state index in [4.69, 9.17) is 0 Å². The molecular weight excluding hydrogens is 244 g/mol. The van der Waals surface area contributed by atoms with Gasteiger partial charge < -0.3 is 5.32 Å². The Morgan fingerprint density at radius 3 is 2.00 bits per heavy atom. The van der Waals surface area contributed by atoms with Crippen molar-refractivity contribution < 1.29 is 0 Å². The molecule has 1 aliphatic heterocycles. The third-order valence-corrected chi connectivity index (χ3v) is 5.10. The monoisotopic (exact) mass is 282 g/mol. The van der Waals surface area contributed by atoms with Crippen LogP contribution < -0.4 is 10.6 Å². The molecule has 0 radical (unpaired) electrons. The lowest BCUT2D eigenvalue weighted by Gasteiger charge is -2.46. The van der Waals surface area contributed by atoms with Crippen molar-refractivity contribution in [1.29, 1.82) is 0 Å². The molecule has 1 atom stereocenters. The van der Waals surface area contributed by atoms with E-state index in [-0.39, 0.29) is 0 Å². The minimum absolute atomic E-state index is 0.435. The average molecular weight is 283 g/mol. The van der Waals surface area contributed by atoms with Gasteiger partial charge in [-0.05, 0) is 25.2 Å². The standard InChI is InChI=1S/C18H38N2/c1-4-7-10-13-18(14-11-8-5-2)17(12-9-6-3)15-19-16-20-18/h17,19-20H,4-16H2,1-3H3. The Hall–Kier alpha value is -0.0800. The summed E-state index contributed by atoms with van der Waals surface area (Å²) < 4.78 is 0. The highest BCUT2D eigenvalue weighted by molar-refractivity contribution is 4.97. The molecule has 1 unspecified atom stereocenters. The fraction of sp³-hybridized carbons (Fsp3) is 1.00. The SMILES string of the molecule is CCCCCC1(CCCCC)NCNCC1CCCC. The second-order valence-electron chi connectivity index (χ2n) is 6.72. The lowest BCUT2D eigenvalue weighted by Crippen LogP contribution is -2.61. The molecule has 20 heavy (non-hydrogen) atoms. The number of rotatable bonds is 11. The first kappa shape index (κ1) is 18.0. The Kier molecular flexibility index (Phi) is 9.54. The Bertz CT molecular complexity index is 217. The van der Waals surface area contributed by atoms with Crippen molar-refractivity contribution >= 4 is 0 Å². The van der Waals surface area contributed by atoms with E-state index < -0.39 is 0 Å². The summed E-state index contributed by atoms with van der Waals surface area (Å²) >= 11 is 0. The van der Waals surface area contributed by atoms with Crippen LogP contribution in [0, 0.1) is 5.92 Å². The summed E-state index contributed by atoms with van der Waals surface area (Å²) in [5, 5.41) is 7.47. The largest absolute Gasteiger partial charge is 0.304 e. The van der Waals surface area contributed by atoms with Gasteiger partial charge in [0.15, 0.2) is 0 Å². The first-order valence-corrected chi connectivity index (χ1v) is 9.24. The van der Waals surface area contributed by atoms with Crippen molar-refractivity contribution in [2.45, 2.75) is 96.9 Å². The van der Waals surface area contributed by atoms with Gasteiger partial charge in [0.2, 0.25) is 0 Å². The summed E-state index contributed by atoms with van der Waals surface area (Å²) in [5.41, 5.74) is 0.435. The van der Waals surface area contributed by atoms with E-state index in [9.17, 15) is 0 Å². The quantitative estimate of drug-likeness (QED) is 0.530. The predicted molar refractivity (Wildman–Crippen MR) is 90.0 cm³/mol. The van der Waals surface area contributed by atoms with Crippen LogP contribution in [0.4, 0.5) is 0 Å². The van der Waals surface area contributed by atoms with E-state index in [2.05, 4.69) is 31.4 Å². The summed E-state index contributed by atoms with van der Waals surface area (Å²) in [6.07, 6.45) is 15.2. The topological polar surface area (TPSA) is 24.1 Å². The maximum Gasteiger partial charge on any atom is 0.0458 e. The van der Waals surface area contributed by atoms with Crippen molar-refractivity contribution in [3.8, 4) is 0 Å². The van der Waals surface area contributed by atoms with Crippen LogP contribution in [0.3, 0.4) is 0 Å². The van der Waals surface area contributed by atoms with Crippen molar-refractivity contribution in [3.05, 3.63) is 0 Å². The van der Waals surface area contributed by atoms with Crippen LogP contribution in [-0.2, 0) is 0 Å². The van der Waals surface area contributed by atoms with Crippen LogP contribution >= 0.6 is 0 Å². The third kappa shape index (κ3) is 5.73. The van der Waals surface area contributed by atoms with E-state index >= 15 is 0 Å². The molecule has 120 valence electrons. The predicted octanol–water partition coefficient (Wildman–Crippen LogP) is 4.84. The summed E-state index contributed by atoms with van der Waals surface area (Å²) in [7, 11) is 0. The normalized spacial score (nSPS) is 22.1. The molecule has 1 rings (SSSR count). The highest BCUT2D eigenvalue weighted by Gasteiger charge is 2.38. The first-order chi connectivity index (χ1) is 9.79. The van der Waals surface area contributed by atoms with Crippen LogP contribution in [0.25, 0.3) is 0 Å². The molecule has 0 bridgehead atoms. The molecular formula is C18H38N2. The number of hydrogen-bond acceptors (Lipinski definition) is 2. The lowest BCUT2D eigenvalue weighted by molar-refractivity contribution is 0.117. The van der Waals surface area contributed by atoms with Gasteiger partial charge in [-0.1, -0.05) is 72.1 Å². The molecule has 0 aromatic rings. The van der Waals surface area contributed by atoms with E-state index in [0.717, 1.165) is 12.6 Å². The minimum atomic E-state index is 0.435. The Balaban J connectivity index is 2.63. The molecule has 0 aromatic heterocycles. The highest BCUT2D eigenvalue weighted by Crippen LogP contribution is 2.34. The van der Waals surface area contributed by atoms with Gasteiger partial charge in [-0.3, -0.25) is 5.32 Å². The van der Waals surface area contributed by atoms with Crippen molar-refractivity contribution in [2.75, 3.05) is 13.2 Å². The van der Waals surface area contributed by atoms with Crippen LogP contribution in [-0.4, -0.2) is 18.8 Å². The lowest BCUT2D eigenvalue weighted by atomic mass is 9.72. The zero-order valence-electron chi connectivity index (χ0n) is 14.3. The smallest absolute Gasteiger partial charge is 0.0458 e. The van der Waals surface area contributed by atoms with Crippen molar-refractivity contribution in [1.82, 2.24) is 10.6 Å². The zero-order chi connectivity index (χ0) is 14.7. The molecule has 0 aromatic carbocycles. The van der Waals surface area contributed by atoms with E-state index in [1.54, 1.807) is 0 Å². The zero-order valence-corrected chi connectivity index (χ0v) is 14.3. The molecule has 0 spiro atoms. The molecule has 2 N–H and O–H groups in total. The molecule has 2 heteroatoms. The van der Waals surface area contributed by atoms with Gasteiger partial charge >= 0.3 is 0 Å². The summed E-state index contributed by atoms with van der Waals surface area (Å²) in [6.45, 7) is 9.19. The van der Waals surface area contributed by atoms with Gasteiger partial charge in [0.25, 0.3) is 0 Å². The van der Waals surface area contributed by atoms with Crippen LogP contribution in [0.1, 0.15) is 91.4 Å². The Morgan fingerprint density at radius 1 is 0.850 bits per heavy atom.